The molecule has 30 heavy (non-hydrogen) atoms. The number of nitrogens with zero attached hydrogens (tertiary/aromatic N) is 1. The number of amides is 1. The molecule has 0 radical (unpaired) electrons. The van der Waals surface area contributed by atoms with Crippen LogP contribution in [0.5, 0.6) is 5.75 Å². The zero-order valence-corrected chi connectivity index (χ0v) is 18.6. The van der Waals surface area contributed by atoms with Crippen LogP contribution in [0.25, 0.3) is 0 Å². The maximum atomic E-state index is 12.7. The van der Waals surface area contributed by atoms with Gasteiger partial charge in [-0.05, 0) is 60.4 Å². The molecule has 0 aliphatic heterocycles. The molecule has 1 amide bonds. The number of carbonyl (C=O) groups is 1. The average molecular weight is 421 g/mol. The van der Waals surface area contributed by atoms with Gasteiger partial charge in [-0.3, -0.25) is 10.1 Å². The van der Waals surface area contributed by atoms with Crippen molar-refractivity contribution in [1.29, 1.82) is 0 Å². The molecule has 1 N–H and O–H groups in total. The van der Waals surface area contributed by atoms with Crippen molar-refractivity contribution in [3.63, 3.8) is 0 Å². The minimum absolute atomic E-state index is 0.136. The van der Waals surface area contributed by atoms with Crippen molar-refractivity contribution in [2.24, 2.45) is 11.3 Å². The summed E-state index contributed by atoms with van der Waals surface area (Å²) in [6.45, 7) is 7.42. The predicted octanol–water partition coefficient (Wildman–Crippen LogP) is 6.13. The van der Waals surface area contributed by atoms with Gasteiger partial charge in [0.15, 0.2) is 5.13 Å². The monoisotopic (exact) mass is 420 g/mol. The lowest BCUT2D eigenvalue weighted by Crippen LogP contribution is -2.26. The third kappa shape index (κ3) is 4.90. The number of benzene rings is 2. The van der Waals surface area contributed by atoms with Gasteiger partial charge in [-0.1, -0.05) is 51.1 Å². The molecular weight excluding hydrogens is 392 g/mol. The summed E-state index contributed by atoms with van der Waals surface area (Å²) in [6.07, 6.45) is 3.22. The van der Waals surface area contributed by atoms with Crippen LogP contribution in [-0.4, -0.2) is 10.9 Å². The Hall–Kier alpha value is -2.66. The number of aromatic nitrogens is 1. The number of hydrogen-bond donors (Lipinski definition) is 1. The maximum Gasteiger partial charge on any atom is 0.257 e. The molecule has 0 spiro atoms. The first-order valence-electron chi connectivity index (χ1n) is 10.5. The van der Waals surface area contributed by atoms with Crippen molar-refractivity contribution in [2.45, 2.75) is 46.6 Å². The lowest BCUT2D eigenvalue weighted by molar-refractivity contribution is 0.102. The summed E-state index contributed by atoms with van der Waals surface area (Å²) < 4.78 is 5.80. The van der Waals surface area contributed by atoms with Gasteiger partial charge in [-0.15, -0.1) is 11.3 Å². The number of anilines is 1. The molecule has 1 aliphatic carbocycles. The topological polar surface area (TPSA) is 51.2 Å². The molecule has 0 bridgehead atoms. The summed E-state index contributed by atoms with van der Waals surface area (Å²) in [5.74, 6) is 1.27. The number of fused-ring (bicyclic) bond motifs is 1. The maximum absolute atomic E-state index is 12.7. The Kier molecular flexibility index (Phi) is 5.91. The van der Waals surface area contributed by atoms with Gasteiger partial charge in [0.1, 0.15) is 12.4 Å². The standard InChI is InChI=1S/C25H28N2O2S/c1-25(2,3)19-11-14-21-22(15-19)30-24(26-21)27-23(28)18-9-12-20(13-10-18)29-16-17-7-5-4-6-8-17/h4-10,12-13,19H,11,14-16H2,1-3H3,(H,26,27,28)/t19-/m1/s1. The number of rotatable bonds is 5. The Balaban J connectivity index is 1.36. The highest BCUT2D eigenvalue weighted by Gasteiger charge is 2.30. The summed E-state index contributed by atoms with van der Waals surface area (Å²) in [5, 5.41) is 3.67. The van der Waals surface area contributed by atoms with Crippen LogP contribution < -0.4 is 10.1 Å². The van der Waals surface area contributed by atoms with Crippen molar-refractivity contribution >= 4 is 22.4 Å². The van der Waals surface area contributed by atoms with Gasteiger partial charge in [0.2, 0.25) is 0 Å². The van der Waals surface area contributed by atoms with Crippen LogP contribution in [0.1, 0.15) is 53.7 Å². The van der Waals surface area contributed by atoms with Crippen molar-refractivity contribution in [2.75, 3.05) is 5.32 Å². The first kappa shape index (κ1) is 20.6. The molecule has 2 aromatic carbocycles. The number of hydrogen-bond acceptors (Lipinski definition) is 4. The SMILES string of the molecule is CC(C)(C)[C@@H]1CCc2nc(NC(=O)c3ccc(OCc4ccccc4)cc3)sc2C1. The summed E-state index contributed by atoms with van der Waals surface area (Å²) in [5.41, 5.74) is 3.17. The first-order valence-corrected chi connectivity index (χ1v) is 11.3. The van der Waals surface area contributed by atoms with E-state index in [1.54, 1.807) is 23.5 Å². The van der Waals surface area contributed by atoms with E-state index >= 15 is 0 Å². The van der Waals surface area contributed by atoms with E-state index < -0.39 is 0 Å². The zero-order valence-electron chi connectivity index (χ0n) is 17.8. The molecule has 4 rings (SSSR count). The molecule has 156 valence electrons. The molecule has 1 atom stereocenters. The number of carbonyl (C=O) groups excluding carboxylic acids is 1. The van der Waals surface area contributed by atoms with Crippen molar-refractivity contribution in [3.05, 3.63) is 76.3 Å². The summed E-state index contributed by atoms with van der Waals surface area (Å²) in [4.78, 5) is 18.7. The molecule has 1 aromatic heterocycles. The Morgan fingerprint density at radius 3 is 2.57 bits per heavy atom. The minimum Gasteiger partial charge on any atom is -0.489 e. The van der Waals surface area contributed by atoms with Gasteiger partial charge in [-0.25, -0.2) is 4.98 Å². The highest BCUT2D eigenvalue weighted by atomic mass is 32.1. The van der Waals surface area contributed by atoms with Crippen LogP contribution in [0.2, 0.25) is 0 Å². The van der Waals surface area contributed by atoms with Gasteiger partial charge in [0.05, 0.1) is 5.69 Å². The molecule has 0 fully saturated rings. The fraction of sp³-hybridized carbons (Fsp3) is 0.360. The van der Waals surface area contributed by atoms with E-state index in [2.05, 4.69) is 31.1 Å². The summed E-state index contributed by atoms with van der Waals surface area (Å²) in [6, 6.07) is 17.3. The van der Waals surface area contributed by atoms with Crippen molar-refractivity contribution in [3.8, 4) is 5.75 Å². The quantitative estimate of drug-likeness (QED) is 0.540. The fourth-order valence-corrected chi connectivity index (χ4v) is 4.86. The lowest BCUT2D eigenvalue weighted by atomic mass is 9.73. The molecule has 4 nitrogen and oxygen atoms in total. The number of nitrogens with one attached hydrogen (secondary N) is 1. The molecule has 0 saturated heterocycles. The van der Waals surface area contributed by atoms with E-state index in [0.29, 0.717) is 28.6 Å². The first-order chi connectivity index (χ1) is 14.4. The summed E-state index contributed by atoms with van der Waals surface area (Å²) >= 11 is 1.62. The van der Waals surface area contributed by atoms with Gasteiger partial charge in [0.25, 0.3) is 5.91 Å². The third-order valence-electron chi connectivity index (χ3n) is 5.75. The second kappa shape index (κ2) is 8.60. The second-order valence-electron chi connectivity index (χ2n) is 8.95. The fourth-order valence-electron chi connectivity index (χ4n) is 3.78. The molecule has 0 saturated carbocycles. The molecular formula is C25H28N2O2S. The van der Waals surface area contributed by atoms with Gasteiger partial charge < -0.3 is 4.74 Å². The largest absolute Gasteiger partial charge is 0.489 e. The van der Waals surface area contributed by atoms with Crippen LogP contribution >= 0.6 is 11.3 Å². The minimum atomic E-state index is -0.136. The van der Waals surface area contributed by atoms with E-state index in [1.807, 2.05) is 42.5 Å². The molecule has 5 heteroatoms. The van der Waals surface area contributed by atoms with Crippen molar-refractivity contribution < 1.29 is 9.53 Å². The summed E-state index contributed by atoms with van der Waals surface area (Å²) in [7, 11) is 0. The smallest absolute Gasteiger partial charge is 0.257 e. The molecule has 1 heterocycles. The Labute approximate surface area is 182 Å². The van der Waals surface area contributed by atoms with Crippen LogP contribution in [0.3, 0.4) is 0 Å². The highest BCUT2D eigenvalue weighted by Crippen LogP contribution is 2.40. The molecule has 3 aromatic rings. The van der Waals surface area contributed by atoms with Crippen LogP contribution in [0.15, 0.2) is 54.6 Å². The van der Waals surface area contributed by atoms with E-state index in [4.69, 9.17) is 4.74 Å². The van der Waals surface area contributed by atoms with Crippen LogP contribution in [0, 0.1) is 11.3 Å². The Morgan fingerprint density at radius 1 is 1.13 bits per heavy atom. The zero-order chi connectivity index (χ0) is 21.1. The van der Waals surface area contributed by atoms with Crippen LogP contribution in [0.4, 0.5) is 5.13 Å². The number of thiazole rings is 1. The van der Waals surface area contributed by atoms with Gasteiger partial charge >= 0.3 is 0 Å². The molecule has 1 aliphatic rings. The number of aryl methyl sites for hydroxylation is 1. The Bertz CT molecular complexity index is 1000. The highest BCUT2D eigenvalue weighted by molar-refractivity contribution is 7.15. The second-order valence-corrected chi connectivity index (χ2v) is 10.0. The average Bonchev–Trinajstić information content (AvgIpc) is 3.14. The Morgan fingerprint density at radius 2 is 1.87 bits per heavy atom. The van der Waals surface area contributed by atoms with Crippen LogP contribution in [-0.2, 0) is 19.4 Å². The predicted molar refractivity (Wildman–Crippen MR) is 122 cm³/mol. The molecule has 0 unspecified atom stereocenters. The third-order valence-corrected chi connectivity index (χ3v) is 6.79. The normalized spacial score (nSPS) is 16.0. The van der Waals surface area contributed by atoms with Crippen molar-refractivity contribution in [1.82, 2.24) is 4.98 Å². The lowest BCUT2D eigenvalue weighted by Gasteiger charge is -2.33. The van der Waals surface area contributed by atoms with E-state index in [-0.39, 0.29) is 5.91 Å². The van der Waals surface area contributed by atoms with Gasteiger partial charge in [0, 0.05) is 10.4 Å². The number of ether oxygens (including phenoxy) is 1. The van der Waals surface area contributed by atoms with E-state index in [0.717, 1.165) is 36.3 Å². The van der Waals surface area contributed by atoms with Gasteiger partial charge in [-0.2, -0.15) is 0 Å². The van der Waals surface area contributed by atoms with E-state index in [1.165, 1.54) is 4.88 Å². The van der Waals surface area contributed by atoms with E-state index in [9.17, 15) is 4.79 Å².